The minimum absolute atomic E-state index is 0.0159. The number of aryl methyl sites for hydroxylation is 1. The number of nitrogens with zero attached hydrogens (tertiary/aromatic N) is 3. The minimum Gasteiger partial charge on any atom is -0.312 e. The van der Waals surface area contributed by atoms with E-state index in [9.17, 15) is 19.7 Å². The Morgan fingerprint density at radius 3 is 2.42 bits per heavy atom. The monoisotopic (exact) mass is 445 g/mol. The third-order valence-electron chi connectivity index (χ3n) is 6.24. The molecule has 0 atom stereocenters. The number of amides is 1. The highest BCUT2D eigenvalue weighted by Crippen LogP contribution is 2.37. The highest BCUT2D eigenvalue weighted by molar-refractivity contribution is 6.10. The van der Waals surface area contributed by atoms with Gasteiger partial charge in [0.05, 0.1) is 11.5 Å². The summed E-state index contributed by atoms with van der Waals surface area (Å²) < 4.78 is 1.23. The van der Waals surface area contributed by atoms with Gasteiger partial charge in [-0.15, -0.1) is 0 Å². The number of benzene rings is 2. The van der Waals surface area contributed by atoms with Gasteiger partial charge in [-0.25, -0.2) is 0 Å². The molecule has 7 heteroatoms. The van der Waals surface area contributed by atoms with E-state index in [1.54, 1.807) is 11.1 Å². The fraction of sp³-hybridized carbons (Fsp3) is 0.308. The maximum Gasteiger partial charge on any atom is 0.334 e. The van der Waals surface area contributed by atoms with E-state index < -0.39 is 16.2 Å². The second-order valence-electron chi connectivity index (χ2n) is 9.46. The zero-order valence-corrected chi connectivity index (χ0v) is 19.5. The molecule has 1 aromatic heterocycles. The van der Waals surface area contributed by atoms with Gasteiger partial charge < -0.3 is 9.47 Å². The zero-order valence-electron chi connectivity index (χ0n) is 19.5. The molecular formula is C26H27N3O4. The van der Waals surface area contributed by atoms with E-state index in [0.717, 1.165) is 22.4 Å². The van der Waals surface area contributed by atoms with Crippen molar-refractivity contribution in [2.24, 2.45) is 7.05 Å². The van der Waals surface area contributed by atoms with Crippen molar-refractivity contribution in [3.8, 4) is 11.1 Å². The Bertz CT molecular complexity index is 1350. The van der Waals surface area contributed by atoms with Crippen molar-refractivity contribution in [1.29, 1.82) is 0 Å². The second kappa shape index (κ2) is 7.99. The van der Waals surface area contributed by atoms with Gasteiger partial charge in [0.15, 0.2) is 0 Å². The first-order valence-electron chi connectivity index (χ1n) is 11.0. The molecule has 170 valence electrons. The topological polar surface area (TPSA) is 85.4 Å². The van der Waals surface area contributed by atoms with Crippen LogP contribution in [0.15, 0.2) is 53.5 Å². The fourth-order valence-electron chi connectivity index (χ4n) is 4.42. The minimum atomic E-state index is -0.658. The number of carbonyl (C=O) groups excluding carboxylic acids is 1. The maximum atomic E-state index is 13.3. The summed E-state index contributed by atoms with van der Waals surface area (Å²) >= 11 is 0. The summed E-state index contributed by atoms with van der Waals surface area (Å²) in [5.74, 6) is -0.0521. The Kier molecular flexibility index (Phi) is 5.44. The number of fused-ring (bicyclic) bond motifs is 1. The van der Waals surface area contributed by atoms with Crippen LogP contribution in [0.4, 0.5) is 11.4 Å². The summed E-state index contributed by atoms with van der Waals surface area (Å²) in [4.78, 5) is 38.0. The summed E-state index contributed by atoms with van der Waals surface area (Å²) in [6.07, 6.45) is 2.22. The van der Waals surface area contributed by atoms with Crippen molar-refractivity contribution in [1.82, 2.24) is 4.57 Å². The number of hydrogen-bond donors (Lipinski definition) is 0. The number of pyridine rings is 1. The first kappa shape index (κ1) is 22.5. The summed E-state index contributed by atoms with van der Waals surface area (Å²) in [6.45, 7) is 8.91. The summed E-state index contributed by atoms with van der Waals surface area (Å²) in [5.41, 5.74) is 4.77. The molecule has 0 aliphatic carbocycles. The van der Waals surface area contributed by atoms with Gasteiger partial charge >= 0.3 is 11.2 Å². The number of rotatable bonds is 4. The first-order valence-corrected chi connectivity index (χ1v) is 11.0. The van der Waals surface area contributed by atoms with Crippen LogP contribution < -0.4 is 10.5 Å². The zero-order chi connectivity index (χ0) is 24.1. The van der Waals surface area contributed by atoms with Gasteiger partial charge in [-0.05, 0) is 46.2 Å². The van der Waals surface area contributed by atoms with Crippen LogP contribution in [-0.4, -0.2) is 15.4 Å². The fourth-order valence-corrected chi connectivity index (χ4v) is 4.42. The van der Waals surface area contributed by atoms with Crippen LogP contribution in [0.25, 0.3) is 11.1 Å². The van der Waals surface area contributed by atoms with E-state index in [0.29, 0.717) is 24.1 Å². The van der Waals surface area contributed by atoms with Crippen molar-refractivity contribution in [2.75, 3.05) is 4.90 Å². The lowest BCUT2D eigenvalue weighted by atomic mass is 9.85. The van der Waals surface area contributed by atoms with Gasteiger partial charge in [-0.1, -0.05) is 52.0 Å². The van der Waals surface area contributed by atoms with Gasteiger partial charge in [-0.2, -0.15) is 0 Å². The summed E-state index contributed by atoms with van der Waals surface area (Å²) in [6, 6.07) is 13.0. The number of anilines is 1. The third kappa shape index (κ3) is 3.84. The number of nitro groups is 1. The highest BCUT2D eigenvalue weighted by Gasteiger charge is 2.31. The van der Waals surface area contributed by atoms with Crippen LogP contribution in [-0.2, 0) is 25.4 Å². The normalized spacial score (nSPS) is 13.4. The lowest BCUT2D eigenvalue weighted by Gasteiger charge is -2.22. The van der Waals surface area contributed by atoms with Gasteiger partial charge in [0.25, 0.3) is 5.91 Å². The molecule has 0 N–H and O–H groups in total. The molecule has 0 spiro atoms. The van der Waals surface area contributed by atoms with Crippen molar-refractivity contribution in [3.63, 3.8) is 0 Å². The maximum absolute atomic E-state index is 13.3. The lowest BCUT2D eigenvalue weighted by Crippen LogP contribution is -2.24. The van der Waals surface area contributed by atoms with Gasteiger partial charge in [0.1, 0.15) is 0 Å². The average Bonchev–Trinajstić information content (AvgIpc) is 3.09. The quantitative estimate of drug-likeness (QED) is 0.419. The van der Waals surface area contributed by atoms with Crippen molar-refractivity contribution >= 4 is 17.3 Å². The molecule has 0 fully saturated rings. The van der Waals surface area contributed by atoms with Gasteiger partial charge in [-0.3, -0.25) is 19.7 Å². The predicted octanol–water partition coefficient (Wildman–Crippen LogP) is 4.98. The average molecular weight is 446 g/mol. The largest absolute Gasteiger partial charge is 0.334 e. The second-order valence-corrected chi connectivity index (χ2v) is 9.46. The Hall–Kier alpha value is -3.74. The summed E-state index contributed by atoms with van der Waals surface area (Å²) in [7, 11) is 1.50. The smallest absolute Gasteiger partial charge is 0.312 e. The van der Waals surface area contributed by atoms with E-state index in [4.69, 9.17) is 0 Å². The van der Waals surface area contributed by atoms with E-state index in [1.165, 1.54) is 23.2 Å². The van der Waals surface area contributed by atoms with Gasteiger partial charge in [0.2, 0.25) is 0 Å². The van der Waals surface area contributed by atoms with E-state index in [-0.39, 0.29) is 11.3 Å². The summed E-state index contributed by atoms with van der Waals surface area (Å²) in [5, 5.41) is 11.4. The molecule has 4 rings (SSSR count). The first-order chi connectivity index (χ1) is 15.5. The molecule has 7 nitrogen and oxygen atoms in total. The van der Waals surface area contributed by atoms with Crippen LogP contribution >= 0.6 is 0 Å². The van der Waals surface area contributed by atoms with Crippen LogP contribution in [0, 0.1) is 10.1 Å². The molecule has 1 amide bonds. The Balaban J connectivity index is 1.82. The van der Waals surface area contributed by atoms with Crippen molar-refractivity contribution in [3.05, 3.63) is 91.4 Å². The molecular weight excluding hydrogens is 418 g/mol. The predicted molar refractivity (Wildman–Crippen MR) is 129 cm³/mol. The molecule has 1 aliphatic rings. The standard InChI is InChI=1S/C26H27N3O4/c1-6-19-20(17-13-23(29(32)33)25(31)27(5)14-17)8-7-9-22(19)28-15-16-12-18(26(2,3)4)10-11-21(16)24(28)30/h7-14H,6,15H2,1-5H3. The molecule has 2 heterocycles. The van der Waals surface area contributed by atoms with E-state index in [2.05, 4.69) is 26.8 Å². The highest BCUT2D eigenvalue weighted by atomic mass is 16.6. The number of carbonyl (C=O) groups is 1. The number of hydrogen-bond acceptors (Lipinski definition) is 4. The molecule has 0 unspecified atom stereocenters. The Morgan fingerprint density at radius 1 is 1.06 bits per heavy atom. The van der Waals surface area contributed by atoms with Crippen LogP contribution in [0.3, 0.4) is 0 Å². The Morgan fingerprint density at radius 2 is 1.79 bits per heavy atom. The third-order valence-corrected chi connectivity index (χ3v) is 6.24. The van der Waals surface area contributed by atoms with Crippen LogP contribution in [0.5, 0.6) is 0 Å². The molecule has 0 saturated heterocycles. The molecule has 0 radical (unpaired) electrons. The van der Waals surface area contributed by atoms with E-state index in [1.807, 2.05) is 37.3 Å². The van der Waals surface area contributed by atoms with Crippen LogP contribution in [0.1, 0.15) is 54.7 Å². The molecule has 2 aromatic carbocycles. The van der Waals surface area contributed by atoms with Crippen molar-refractivity contribution < 1.29 is 9.72 Å². The molecule has 33 heavy (non-hydrogen) atoms. The lowest BCUT2D eigenvalue weighted by molar-refractivity contribution is -0.386. The van der Waals surface area contributed by atoms with Crippen molar-refractivity contribution in [2.45, 2.75) is 46.1 Å². The molecule has 3 aromatic rings. The van der Waals surface area contributed by atoms with E-state index >= 15 is 0 Å². The number of aromatic nitrogens is 1. The molecule has 0 bridgehead atoms. The molecule has 1 aliphatic heterocycles. The Labute approximate surface area is 192 Å². The SMILES string of the molecule is CCc1c(-c2cc([N+](=O)[O-])c(=O)n(C)c2)cccc1N1Cc2cc(C(C)(C)C)ccc2C1=O. The van der Waals surface area contributed by atoms with Gasteiger partial charge in [0, 0.05) is 36.1 Å². The van der Waals surface area contributed by atoms with Crippen LogP contribution in [0.2, 0.25) is 0 Å². The molecule has 0 saturated carbocycles.